The van der Waals surface area contributed by atoms with Crippen LogP contribution in [0, 0.1) is 0 Å². The maximum Gasteiger partial charge on any atom is 0.224 e. The monoisotopic (exact) mass is 271 g/mol. The van der Waals surface area contributed by atoms with E-state index >= 15 is 0 Å². The molecular weight excluding hydrogens is 258 g/mol. The van der Waals surface area contributed by atoms with E-state index in [2.05, 4.69) is 21.8 Å². The van der Waals surface area contributed by atoms with E-state index in [9.17, 15) is 5.11 Å². The van der Waals surface area contributed by atoms with Crippen LogP contribution in [0.1, 0.15) is 12.6 Å². The van der Waals surface area contributed by atoms with Crippen molar-refractivity contribution in [3.8, 4) is 5.75 Å². The molecule has 1 N–H and O–H groups in total. The zero-order valence-corrected chi connectivity index (χ0v) is 10.7. The lowest BCUT2D eigenvalue weighted by atomic mass is 10.1. The van der Waals surface area contributed by atoms with Crippen LogP contribution in [0.5, 0.6) is 5.75 Å². The van der Waals surface area contributed by atoms with Crippen LogP contribution in [-0.4, -0.2) is 47.0 Å². The highest BCUT2D eigenvalue weighted by Crippen LogP contribution is 2.37. The third kappa shape index (κ3) is 1.81. The van der Waals surface area contributed by atoms with E-state index in [0.717, 1.165) is 0 Å². The molecule has 1 aromatic rings. The molecule has 18 heavy (non-hydrogen) atoms. The van der Waals surface area contributed by atoms with E-state index in [-0.39, 0.29) is 24.0 Å². The second-order valence-corrected chi connectivity index (χ2v) is 4.85. The Kier molecular flexibility index (Phi) is 3.01. The molecule has 2 aliphatic heterocycles. The Morgan fingerprint density at radius 3 is 3.00 bits per heavy atom. The Morgan fingerprint density at radius 1 is 1.39 bits per heavy atom. The van der Waals surface area contributed by atoms with Crippen molar-refractivity contribution in [2.75, 3.05) is 24.7 Å². The number of aromatic nitrogens is 2. The van der Waals surface area contributed by atoms with Gasteiger partial charge >= 0.3 is 0 Å². The molecule has 6 nitrogen and oxygen atoms in total. The SMILES string of the molecule is C[C@@H]1COCC2COc3c(CO)nc(Cl)nc3N21. The van der Waals surface area contributed by atoms with E-state index in [4.69, 9.17) is 21.1 Å². The highest BCUT2D eigenvalue weighted by molar-refractivity contribution is 6.28. The summed E-state index contributed by atoms with van der Waals surface area (Å²) in [5, 5.41) is 9.43. The van der Waals surface area contributed by atoms with Gasteiger partial charge in [0.1, 0.15) is 12.3 Å². The Morgan fingerprint density at radius 2 is 2.22 bits per heavy atom. The number of aliphatic hydroxyl groups excluding tert-OH is 1. The van der Waals surface area contributed by atoms with Crippen molar-refractivity contribution >= 4 is 17.4 Å². The molecule has 3 rings (SSSR count). The zero-order valence-electron chi connectivity index (χ0n) is 9.97. The fourth-order valence-electron chi connectivity index (χ4n) is 2.47. The summed E-state index contributed by atoms with van der Waals surface area (Å²) < 4.78 is 11.2. The lowest BCUT2D eigenvalue weighted by Crippen LogP contribution is -2.56. The maximum atomic E-state index is 9.31. The number of hydrogen-bond donors (Lipinski definition) is 1. The first kappa shape index (κ1) is 12.0. The summed E-state index contributed by atoms with van der Waals surface area (Å²) in [6, 6.07) is 0.336. The maximum absolute atomic E-state index is 9.31. The molecule has 0 saturated carbocycles. The minimum atomic E-state index is -0.214. The van der Waals surface area contributed by atoms with Gasteiger partial charge in [-0.05, 0) is 18.5 Å². The molecule has 0 spiro atoms. The van der Waals surface area contributed by atoms with Crippen molar-refractivity contribution in [3.05, 3.63) is 11.0 Å². The average molecular weight is 272 g/mol. The van der Waals surface area contributed by atoms with Gasteiger partial charge in [0, 0.05) is 0 Å². The molecule has 0 bridgehead atoms. The van der Waals surface area contributed by atoms with Crippen LogP contribution in [0.15, 0.2) is 0 Å². The molecular formula is C11H14ClN3O3. The van der Waals surface area contributed by atoms with Gasteiger partial charge in [-0.2, -0.15) is 4.98 Å². The molecule has 3 heterocycles. The Balaban J connectivity index is 2.09. The van der Waals surface area contributed by atoms with E-state index in [1.807, 2.05) is 0 Å². The van der Waals surface area contributed by atoms with E-state index in [0.29, 0.717) is 37.1 Å². The molecule has 2 aliphatic rings. The second kappa shape index (κ2) is 4.53. The zero-order chi connectivity index (χ0) is 12.7. The van der Waals surface area contributed by atoms with E-state index in [1.165, 1.54) is 0 Å². The van der Waals surface area contributed by atoms with Gasteiger partial charge in [-0.25, -0.2) is 4.98 Å². The molecule has 0 radical (unpaired) electrons. The summed E-state index contributed by atoms with van der Waals surface area (Å²) in [7, 11) is 0. The Hall–Kier alpha value is -1.11. The predicted molar refractivity (Wildman–Crippen MR) is 65.0 cm³/mol. The first-order valence-corrected chi connectivity index (χ1v) is 6.24. The molecule has 7 heteroatoms. The van der Waals surface area contributed by atoms with Crippen LogP contribution in [0.2, 0.25) is 5.28 Å². The first-order chi connectivity index (χ1) is 8.70. The quantitative estimate of drug-likeness (QED) is 0.755. The number of morpholine rings is 1. The second-order valence-electron chi connectivity index (χ2n) is 4.51. The van der Waals surface area contributed by atoms with Gasteiger partial charge in [0.15, 0.2) is 11.6 Å². The number of aliphatic hydroxyl groups is 1. The number of fused-ring (bicyclic) bond motifs is 3. The predicted octanol–water partition coefficient (Wildman–Crippen LogP) is 0.608. The molecule has 2 atom stereocenters. The lowest BCUT2D eigenvalue weighted by molar-refractivity contribution is 0.0480. The van der Waals surface area contributed by atoms with Crippen molar-refractivity contribution in [1.82, 2.24) is 9.97 Å². The van der Waals surface area contributed by atoms with Crippen molar-refractivity contribution in [2.24, 2.45) is 0 Å². The topological polar surface area (TPSA) is 67.7 Å². The normalized spacial score (nSPS) is 26.3. The molecule has 1 aromatic heterocycles. The molecule has 1 unspecified atom stereocenters. The summed E-state index contributed by atoms with van der Waals surface area (Å²) in [5.74, 6) is 1.19. The van der Waals surface area contributed by atoms with E-state index < -0.39 is 0 Å². The van der Waals surface area contributed by atoms with Crippen LogP contribution >= 0.6 is 11.6 Å². The van der Waals surface area contributed by atoms with Crippen molar-refractivity contribution in [1.29, 1.82) is 0 Å². The minimum Gasteiger partial charge on any atom is -0.486 e. The van der Waals surface area contributed by atoms with Crippen LogP contribution in [0.4, 0.5) is 5.82 Å². The number of rotatable bonds is 1. The number of halogens is 1. The fraction of sp³-hybridized carbons (Fsp3) is 0.636. The molecule has 0 aromatic carbocycles. The molecule has 0 amide bonds. The minimum absolute atomic E-state index is 0.126. The molecule has 0 aliphatic carbocycles. The van der Waals surface area contributed by atoms with Gasteiger partial charge in [0.25, 0.3) is 0 Å². The molecule has 1 saturated heterocycles. The first-order valence-electron chi connectivity index (χ1n) is 5.87. The standard InChI is InChI=1S/C11H14ClN3O3/c1-6-3-17-4-7-5-18-9-8(2-16)13-11(12)14-10(9)15(6)7/h6-7,16H,2-5H2,1H3/t6-,7?/m1/s1. The Labute approximate surface area is 109 Å². The third-order valence-corrected chi connectivity index (χ3v) is 3.41. The highest BCUT2D eigenvalue weighted by Gasteiger charge is 2.37. The number of ether oxygens (including phenoxy) is 2. The van der Waals surface area contributed by atoms with Gasteiger partial charge in [0.2, 0.25) is 5.28 Å². The number of nitrogens with zero attached hydrogens (tertiary/aromatic N) is 3. The number of hydrogen-bond acceptors (Lipinski definition) is 6. The van der Waals surface area contributed by atoms with Crippen LogP contribution in [0.25, 0.3) is 0 Å². The number of anilines is 1. The van der Waals surface area contributed by atoms with Crippen molar-refractivity contribution < 1.29 is 14.6 Å². The third-order valence-electron chi connectivity index (χ3n) is 3.24. The summed E-state index contributed by atoms with van der Waals surface area (Å²) in [6.45, 7) is 3.62. The summed E-state index contributed by atoms with van der Waals surface area (Å²) in [6.07, 6.45) is 0. The largest absolute Gasteiger partial charge is 0.486 e. The smallest absolute Gasteiger partial charge is 0.224 e. The van der Waals surface area contributed by atoms with Gasteiger partial charge in [-0.15, -0.1) is 0 Å². The average Bonchev–Trinajstić information content (AvgIpc) is 2.37. The van der Waals surface area contributed by atoms with Crippen molar-refractivity contribution in [2.45, 2.75) is 25.6 Å². The molecule has 1 fully saturated rings. The Bertz CT molecular complexity index is 471. The lowest BCUT2D eigenvalue weighted by Gasteiger charge is -2.44. The van der Waals surface area contributed by atoms with Crippen LogP contribution < -0.4 is 9.64 Å². The van der Waals surface area contributed by atoms with Gasteiger partial charge < -0.3 is 19.5 Å². The van der Waals surface area contributed by atoms with Gasteiger partial charge in [-0.1, -0.05) is 0 Å². The summed E-state index contributed by atoms with van der Waals surface area (Å²) in [5.41, 5.74) is 0.433. The van der Waals surface area contributed by atoms with Gasteiger partial charge in [0.05, 0.1) is 31.9 Å². The fourth-order valence-corrected chi connectivity index (χ4v) is 2.65. The summed E-state index contributed by atoms with van der Waals surface area (Å²) >= 11 is 5.89. The van der Waals surface area contributed by atoms with E-state index in [1.54, 1.807) is 0 Å². The summed E-state index contributed by atoms with van der Waals surface area (Å²) in [4.78, 5) is 10.4. The van der Waals surface area contributed by atoms with Gasteiger partial charge in [-0.3, -0.25) is 0 Å². The van der Waals surface area contributed by atoms with Crippen LogP contribution in [-0.2, 0) is 11.3 Å². The van der Waals surface area contributed by atoms with Crippen LogP contribution in [0.3, 0.4) is 0 Å². The van der Waals surface area contributed by atoms with Crippen molar-refractivity contribution in [3.63, 3.8) is 0 Å². The molecule has 98 valence electrons. The highest BCUT2D eigenvalue weighted by atomic mass is 35.5.